The lowest BCUT2D eigenvalue weighted by atomic mass is 10.1. The van der Waals surface area contributed by atoms with Crippen LogP contribution < -0.4 is 5.73 Å². The van der Waals surface area contributed by atoms with E-state index in [4.69, 9.17) is 5.73 Å². The maximum atomic E-state index is 5.81. The zero-order valence-electron chi connectivity index (χ0n) is 9.61. The van der Waals surface area contributed by atoms with Gasteiger partial charge in [-0.05, 0) is 44.0 Å². The highest BCUT2D eigenvalue weighted by molar-refractivity contribution is 5.41. The molecule has 0 spiro atoms. The number of rotatable bonds is 4. The minimum atomic E-state index is 0.492. The van der Waals surface area contributed by atoms with Crippen molar-refractivity contribution in [2.24, 2.45) is 0 Å². The van der Waals surface area contributed by atoms with E-state index in [9.17, 15) is 0 Å². The van der Waals surface area contributed by atoms with Crippen molar-refractivity contribution in [1.82, 2.24) is 4.90 Å². The minimum Gasteiger partial charge on any atom is -0.399 e. The van der Waals surface area contributed by atoms with Crippen LogP contribution in [-0.4, -0.2) is 17.5 Å². The van der Waals surface area contributed by atoms with Crippen LogP contribution in [0.15, 0.2) is 24.3 Å². The van der Waals surface area contributed by atoms with Crippen molar-refractivity contribution in [2.45, 2.75) is 38.8 Å². The van der Waals surface area contributed by atoms with Gasteiger partial charge in [-0.25, -0.2) is 0 Å². The fourth-order valence-corrected chi connectivity index (χ4v) is 2.26. The highest BCUT2D eigenvalue weighted by Crippen LogP contribution is 2.34. The summed E-state index contributed by atoms with van der Waals surface area (Å²) in [5.74, 6) is 0. The smallest absolute Gasteiger partial charge is 0.0323 e. The van der Waals surface area contributed by atoms with Gasteiger partial charge < -0.3 is 5.73 Å². The molecule has 1 aliphatic rings. The number of benzene rings is 1. The summed E-state index contributed by atoms with van der Waals surface area (Å²) in [6, 6.07) is 9.56. The Morgan fingerprint density at radius 1 is 1.47 bits per heavy atom. The van der Waals surface area contributed by atoms with E-state index < -0.39 is 0 Å². The first-order valence-corrected chi connectivity index (χ1v) is 5.83. The van der Waals surface area contributed by atoms with Gasteiger partial charge in [-0.2, -0.15) is 0 Å². The number of nitrogens with two attached hydrogens (primary N) is 1. The molecule has 1 aliphatic carbocycles. The number of nitrogen functional groups attached to an aromatic ring is 1. The Kier molecular flexibility index (Phi) is 2.96. The van der Waals surface area contributed by atoms with Crippen LogP contribution in [0.2, 0.25) is 0 Å². The molecular weight excluding hydrogens is 184 g/mol. The van der Waals surface area contributed by atoms with E-state index in [-0.39, 0.29) is 0 Å². The summed E-state index contributed by atoms with van der Waals surface area (Å²) < 4.78 is 0. The summed E-state index contributed by atoms with van der Waals surface area (Å²) in [6.07, 6.45) is 2.72. The molecule has 0 bridgehead atoms. The predicted molar refractivity (Wildman–Crippen MR) is 64.7 cm³/mol. The van der Waals surface area contributed by atoms with Crippen LogP contribution in [0.25, 0.3) is 0 Å². The molecule has 2 rings (SSSR count). The predicted octanol–water partition coefficient (Wildman–Crippen LogP) is 2.81. The largest absolute Gasteiger partial charge is 0.399 e. The first-order chi connectivity index (χ1) is 7.22. The second-order valence-electron chi connectivity index (χ2n) is 4.41. The third kappa shape index (κ3) is 2.32. The lowest BCUT2D eigenvalue weighted by Gasteiger charge is -2.28. The zero-order chi connectivity index (χ0) is 10.8. The molecule has 1 aromatic rings. The first-order valence-electron chi connectivity index (χ1n) is 5.83. The van der Waals surface area contributed by atoms with Gasteiger partial charge in [0, 0.05) is 17.8 Å². The molecule has 0 radical (unpaired) electrons. The van der Waals surface area contributed by atoms with Gasteiger partial charge in [-0.1, -0.05) is 19.1 Å². The Morgan fingerprint density at radius 3 is 2.73 bits per heavy atom. The normalized spacial score (nSPS) is 18.1. The summed E-state index contributed by atoms with van der Waals surface area (Å²) in [5, 5.41) is 0. The highest BCUT2D eigenvalue weighted by Gasteiger charge is 2.31. The van der Waals surface area contributed by atoms with Gasteiger partial charge >= 0.3 is 0 Å². The third-order valence-electron chi connectivity index (χ3n) is 3.27. The van der Waals surface area contributed by atoms with Gasteiger partial charge in [0.25, 0.3) is 0 Å². The van der Waals surface area contributed by atoms with Crippen molar-refractivity contribution >= 4 is 5.69 Å². The molecule has 0 aromatic heterocycles. The standard InChI is InChI=1S/C13H20N2/c1-3-15(13-7-8-13)10(2)11-5-4-6-12(14)9-11/h4-6,9-10,13H,3,7-8,14H2,1-2H3. The average Bonchev–Trinajstić information content (AvgIpc) is 3.03. The maximum Gasteiger partial charge on any atom is 0.0323 e. The van der Waals surface area contributed by atoms with Crippen LogP contribution in [0.1, 0.15) is 38.3 Å². The van der Waals surface area contributed by atoms with Gasteiger partial charge in [-0.3, -0.25) is 4.90 Å². The van der Waals surface area contributed by atoms with Gasteiger partial charge in [0.15, 0.2) is 0 Å². The average molecular weight is 204 g/mol. The second-order valence-corrected chi connectivity index (χ2v) is 4.41. The van der Waals surface area contributed by atoms with E-state index in [1.54, 1.807) is 0 Å². The Bertz CT molecular complexity index is 331. The molecule has 1 aromatic carbocycles. The first kappa shape index (κ1) is 10.5. The SMILES string of the molecule is CCN(C1CC1)C(C)c1cccc(N)c1. The van der Waals surface area contributed by atoms with Crippen molar-refractivity contribution in [3.8, 4) is 0 Å². The fourth-order valence-electron chi connectivity index (χ4n) is 2.26. The van der Waals surface area contributed by atoms with Crippen molar-refractivity contribution < 1.29 is 0 Å². The lowest BCUT2D eigenvalue weighted by molar-refractivity contribution is 0.211. The van der Waals surface area contributed by atoms with E-state index >= 15 is 0 Å². The molecule has 0 aliphatic heterocycles. The summed E-state index contributed by atoms with van der Waals surface area (Å²) >= 11 is 0. The molecule has 1 saturated carbocycles. The van der Waals surface area contributed by atoms with Crippen LogP contribution >= 0.6 is 0 Å². The maximum absolute atomic E-state index is 5.81. The van der Waals surface area contributed by atoms with Crippen LogP contribution in [0.3, 0.4) is 0 Å². The Labute approximate surface area is 92.1 Å². The van der Waals surface area contributed by atoms with Gasteiger partial charge in [-0.15, -0.1) is 0 Å². The van der Waals surface area contributed by atoms with Crippen molar-refractivity contribution in [3.63, 3.8) is 0 Å². The monoisotopic (exact) mass is 204 g/mol. The Morgan fingerprint density at radius 2 is 2.20 bits per heavy atom. The van der Waals surface area contributed by atoms with Crippen molar-refractivity contribution in [1.29, 1.82) is 0 Å². The molecule has 1 fully saturated rings. The molecule has 2 nitrogen and oxygen atoms in total. The molecule has 1 unspecified atom stereocenters. The van der Waals surface area contributed by atoms with Crippen molar-refractivity contribution in [3.05, 3.63) is 29.8 Å². The molecule has 0 heterocycles. The number of anilines is 1. The van der Waals surface area contributed by atoms with Gasteiger partial charge in [0.05, 0.1) is 0 Å². The summed E-state index contributed by atoms with van der Waals surface area (Å²) in [5.41, 5.74) is 8.01. The lowest BCUT2D eigenvalue weighted by Crippen LogP contribution is -2.28. The minimum absolute atomic E-state index is 0.492. The third-order valence-corrected chi connectivity index (χ3v) is 3.27. The molecule has 1 atom stereocenters. The van der Waals surface area contributed by atoms with E-state index in [1.807, 2.05) is 12.1 Å². The fraction of sp³-hybridized carbons (Fsp3) is 0.538. The van der Waals surface area contributed by atoms with E-state index in [1.165, 1.54) is 18.4 Å². The molecule has 0 saturated heterocycles. The van der Waals surface area contributed by atoms with E-state index in [0.717, 1.165) is 18.3 Å². The van der Waals surface area contributed by atoms with E-state index in [0.29, 0.717) is 6.04 Å². The quantitative estimate of drug-likeness (QED) is 0.764. The summed E-state index contributed by atoms with van der Waals surface area (Å²) in [7, 11) is 0. The van der Waals surface area contributed by atoms with E-state index in [2.05, 4.69) is 30.9 Å². The topological polar surface area (TPSA) is 29.3 Å². The molecular formula is C13H20N2. The van der Waals surface area contributed by atoms with Crippen LogP contribution in [0, 0.1) is 0 Å². The number of hydrogen-bond acceptors (Lipinski definition) is 2. The zero-order valence-corrected chi connectivity index (χ0v) is 9.61. The molecule has 0 amide bonds. The summed E-state index contributed by atoms with van der Waals surface area (Å²) in [6.45, 7) is 5.64. The second kappa shape index (κ2) is 4.23. The molecule has 2 heteroatoms. The molecule has 82 valence electrons. The van der Waals surface area contributed by atoms with Crippen LogP contribution in [0.4, 0.5) is 5.69 Å². The molecule has 2 N–H and O–H groups in total. The van der Waals surface area contributed by atoms with Gasteiger partial charge in [0.2, 0.25) is 0 Å². The van der Waals surface area contributed by atoms with Crippen LogP contribution in [-0.2, 0) is 0 Å². The number of hydrogen-bond donors (Lipinski definition) is 1. The summed E-state index contributed by atoms with van der Waals surface area (Å²) in [4.78, 5) is 2.56. The Balaban J connectivity index is 2.14. The molecule has 15 heavy (non-hydrogen) atoms. The Hall–Kier alpha value is -1.02. The van der Waals surface area contributed by atoms with Gasteiger partial charge in [0.1, 0.15) is 0 Å². The number of nitrogens with zero attached hydrogens (tertiary/aromatic N) is 1. The highest BCUT2D eigenvalue weighted by atomic mass is 15.2. The van der Waals surface area contributed by atoms with Crippen molar-refractivity contribution in [2.75, 3.05) is 12.3 Å². The van der Waals surface area contributed by atoms with Crippen LogP contribution in [0.5, 0.6) is 0 Å².